The molecule has 0 bridgehead atoms. The predicted octanol–water partition coefficient (Wildman–Crippen LogP) is 3.97. The number of aliphatic hydroxyl groups excluding tert-OH is 1. The van der Waals surface area contributed by atoms with Gasteiger partial charge in [-0.3, -0.25) is 4.79 Å². The van der Waals surface area contributed by atoms with Crippen molar-refractivity contribution in [3.05, 3.63) is 76.3 Å². The maximum atomic E-state index is 15.0. The Kier molecular flexibility index (Phi) is 7.41. The average molecular weight is 484 g/mol. The number of anilines is 1. The van der Waals surface area contributed by atoms with Crippen LogP contribution in [0.25, 0.3) is 11.3 Å². The van der Waals surface area contributed by atoms with E-state index >= 15 is 0 Å². The molecule has 1 aliphatic carbocycles. The number of hydrogen-bond acceptors (Lipinski definition) is 6. The molecule has 3 aromatic rings. The summed E-state index contributed by atoms with van der Waals surface area (Å²) < 4.78 is 15.0. The van der Waals surface area contributed by atoms with Crippen LogP contribution in [0.3, 0.4) is 0 Å². The zero-order chi connectivity index (χ0) is 24.2. The van der Waals surface area contributed by atoms with Crippen molar-refractivity contribution in [1.82, 2.24) is 15.3 Å². The molecule has 1 aliphatic rings. The van der Waals surface area contributed by atoms with Crippen LogP contribution < -0.4 is 16.8 Å². The van der Waals surface area contributed by atoms with Crippen molar-refractivity contribution in [1.29, 1.82) is 0 Å². The van der Waals surface area contributed by atoms with Crippen LogP contribution in [0.2, 0.25) is 5.02 Å². The topological polar surface area (TPSA) is 127 Å². The second-order valence-electron chi connectivity index (χ2n) is 8.60. The second kappa shape index (κ2) is 10.5. The van der Waals surface area contributed by atoms with Gasteiger partial charge in [0.05, 0.1) is 30.1 Å². The van der Waals surface area contributed by atoms with E-state index in [1.165, 1.54) is 12.1 Å². The van der Waals surface area contributed by atoms with E-state index in [0.717, 1.165) is 31.4 Å². The lowest BCUT2D eigenvalue weighted by Crippen LogP contribution is -2.31. The molecule has 6 N–H and O–H groups in total. The number of carbonyl (C=O) groups is 1. The minimum Gasteiger partial charge on any atom is -0.394 e. The molecule has 7 nitrogen and oxygen atoms in total. The number of hydrogen-bond donors (Lipinski definition) is 4. The fourth-order valence-electron chi connectivity index (χ4n) is 4.28. The Labute approximate surface area is 202 Å². The van der Waals surface area contributed by atoms with Crippen molar-refractivity contribution in [2.45, 2.75) is 43.7 Å². The Morgan fingerprint density at radius 3 is 2.65 bits per heavy atom. The van der Waals surface area contributed by atoms with Crippen LogP contribution in [0, 0.1) is 5.82 Å². The lowest BCUT2D eigenvalue weighted by Gasteiger charge is -2.25. The van der Waals surface area contributed by atoms with Crippen LogP contribution in [-0.4, -0.2) is 33.6 Å². The van der Waals surface area contributed by atoms with Gasteiger partial charge < -0.3 is 21.9 Å². The van der Waals surface area contributed by atoms with E-state index in [1.807, 2.05) is 0 Å². The first-order valence-electron chi connectivity index (χ1n) is 11.2. The normalized spacial score (nSPS) is 18.9. The number of amides is 1. The van der Waals surface area contributed by atoms with E-state index < -0.39 is 17.8 Å². The van der Waals surface area contributed by atoms with Crippen LogP contribution in [0.15, 0.2) is 48.7 Å². The number of aromatic nitrogens is 2. The van der Waals surface area contributed by atoms with Crippen LogP contribution in [0.4, 0.5) is 10.2 Å². The molecule has 1 saturated carbocycles. The molecule has 2 aromatic carbocycles. The molecule has 4 rings (SSSR count). The molecule has 0 spiro atoms. The summed E-state index contributed by atoms with van der Waals surface area (Å²) in [5, 5.41) is 12.8. The fourth-order valence-corrected chi connectivity index (χ4v) is 4.48. The van der Waals surface area contributed by atoms with Gasteiger partial charge in [-0.15, -0.1) is 0 Å². The first-order valence-corrected chi connectivity index (χ1v) is 11.6. The van der Waals surface area contributed by atoms with Crippen molar-refractivity contribution < 1.29 is 14.3 Å². The fraction of sp³-hybridized carbons (Fsp3) is 0.320. The molecule has 178 valence electrons. The average Bonchev–Trinajstić information content (AvgIpc) is 2.83. The summed E-state index contributed by atoms with van der Waals surface area (Å²) in [6, 6.07) is 10.4. The number of benzene rings is 2. The van der Waals surface area contributed by atoms with Gasteiger partial charge in [-0.2, -0.15) is 0 Å². The summed E-state index contributed by atoms with van der Waals surface area (Å²) >= 11 is 6.00. The first kappa shape index (κ1) is 24.1. The summed E-state index contributed by atoms with van der Waals surface area (Å²) in [4.78, 5) is 21.7. The standard InChI is InChI=1S/C25H27ClFN5O2/c26-17-3-1-2-15(10-17)22(13-33)32-25(34)19-9-6-16(11-20(19)27)23-24(29)30-12-21(31-23)14-4-7-18(28)8-5-14/h1-3,6,9-12,14,18,22,33H,4-5,7-8,13,28H2,(H2,29,30)(H,32,34)/t14-,18-,22-/m1/s1. The smallest absolute Gasteiger partial charge is 0.254 e. The highest BCUT2D eigenvalue weighted by molar-refractivity contribution is 6.30. The maximum absolute atomic E-state index is 15.0. The molecule has 9 heteroatoms. The van der Waals surface area contributed by atoms with Crippen LogP contribution in [-0.2, 0) is 0 Å². The molecule has 1 atom stereocenters. The number of aliphatic hydroxyl groups is 1. The lowest BCUT2D eigenvalue weighted by atomic mass is 9.84. The summed E-state index contributed by atoms with van der Waals surface area (Å²) in [5.74, 6) is -0.958. The van der Waals surface area contributed by atoms with Gasteiger partial charge in [0.25, 0.3) is 5.91 Å². The molecule has 34 heavy (non-hydrogen) atoms. The SMILES string of the molecule is Nc1ncc([C@H]2CC[C@H](N)CC2)nc1-c1ccc(C(=O)N[C@H](CO)c2cccc(Cl)c2)c(F)c1. The van der Waals surface area contributed by atoms with Crippen LogP contribution in [0.1, 0.15) is 59.3 Å². The van der Waals surface area contributed by atoms with E-state index in [-0.39, 0.29) is 29.9 Å². The van der Waals surface area contributed by atoms with E-state index in [1.54, 1.807) is 36.5 Å². The zero-order valence-electron chi connectivity index (χ0n) is 18.5. The Morgan fingerprint density at radius 1 is 1.21 bits per heavy atom. The van der Waals surface area contributed by atoms with Gasteiger partial charge in [-0.25, -0.2) is 14.4 Å². The number of nitrogens with zero attached hydrogens (tertiary/aromatic N) is 2. The number of halogens is 2. The second-order valence-corrected chi connectivity index (χ2v) is 9.04. The van der Waals surface area contributed by atoms with Gasteiger partial charge in [-0.1, -0.05) is 29.8 Å². The Bertz CT molecular complexity index is 1180. The van der Waals surface area contributed by atoms with Crippen molar-refractivity contribution in [3.8, 4) is 11.3 Å². The molecule has 1 heterocycles. The molecule has 0 aliphatic heterocycles. The Hall–Kier alpha value is -3.07. The quantitative estimate of drug-likeness (QED) is 0.420. The monoisotopic (exact) mass is 483 g/mol. The van der Waals surface area contributed by atoms with Crippen LogP contribution in [0.5, 0.6) is 0 Å². The third kappa shape index (κ3) is 5.35. The van der Waals surface area contributed by atoms with Gasteiger partial charge in [0, 0.05) is 22.5 Å². The van der Waals surface area contributed by atoms with Crippen molar-refractivity contribution >= 4 is 23.3 Å². The molecule has 1 fully saturated rings. The van der Waals surface area contributed by atoms with Crippen molar-refractivity contribution in [2.24, 2.45) is 5.73 Å². The molecule has 1 amide bonds. The largest absolute Gasteiger partial charge is 0.394 e. The third-order valence-electron chi connectivity index (χ3n) is 6.24. The molecule has 0 saturated heterocycles. The maximum Gasteiger partial charge on any atom is 0.254 e. The van der Waals surface area contributed by atoms with Gasteiger partial charge in [0.1, 0.15) is 17.3 Å². The molecule has 1 aromatic heterocycles. The molecule has 0 radical (unpaired) electrons. The summed E-state index contributed by atoms with van der Waals surface area (Å²) in [6.07, 6.45) is 5.36. The number of nitrogens with two attached hydrogens (primary N) is 2. The number of nitrogens with one attached hydrogen (secondary N) is 1. The van der Waals surface area contributed by atoms with E-state index in [2.05, 4.69) is 15.3 Å². The molecule has 0 unspecified atom stereocenters. The number of rotatable bonds is 6. The van der Waals surface area contributed by atoms with Gasteiger partial charge in [0.2, 0.25) is 0 Å². The zero-order valence-corrected chi connectivity index (χ0v) is 19.3. The van der Waals surface area contributed by atoms with Crippen LogP contribution >= 0.6 is 11.6 Å². The minimum absolute atomic E-state index is 0.159. The predicted molar refractivity (Wildman–Crippen MR) is 130 cm³/mol. The molecular weight excluding hydrogens is 457 g/mol. The highest BCUT2D eigenvalue weighted by Gasteiger charge is 2.23. The highest BCUT2D eigenvalue weighted by atomic mass is 35.5. The third-order valence-corrected chi connectivity index (χ3v) is 6.47. The van der Waals surface area contributed by atoms with Crippen molar-refractivity contribution in [2.75, 3.05) is 12.3 Å². The number of carbonyl (C=O) groups excluding carboxylic acids is 1. The van der Waals surface area contributed by atoms with Gasteiger partial charge in [-0.05, 0) is 55.5 Å². The van der Waals surface area contributed by atoms with Gasteiger partial charge in [0.15, 0.2) is 0 Å². The van der Waals surface area contributed by atoms with E-state index in [0.29, 0.717) is 21.8 Å². The molecular formula is C25H27ClFN5O2. The summed E-state index contributed by atoms with van der Waals surface area (Å²) in [5.41, 5.74) is 14.1. The van der Waals surface area contributed by atoms with E-state index in [4.69, 9.17) is 23.1 Å². The number of nitrogen functional groups attached to an aromatic ring is 1. The first-order chi connectivity index (χ1) is 16.4. The highest BCUT2D eigenvalue weighted by Crippen LogP contribution is 2.33. The summed E-state index contributed by atoms with van der Waals surface area (Å²) in [7, 11) is 0. The summed E-state index contributed by atoms with van der Waals surface area (Å²) in [6.45, 7) is -0.364. The van der Waals surface area contributed by atoms with E-state index in [9.17, 15) is 14.3 Å². The van der Waals surface area contributed by atoms with Gasteiger partial charge >= 0.3 is 0 Å². The minimum atomic E-state index is -0.730. The lowest BCUT2D eigenvalue weighted by molar-refractivity contribution is 0.0912. The Morgan fingerprint density at radius 2 is 1.97 bits per heavy atom. The van der Waals surface area contributed by atoms with Crippen molar-refractivity contribution in [3.63, 3.8) is 0 Å². The Balaban J connectivity index is 1.55.